The standard InChI is InChI=1S/C89H174O17P2/c1-6-9-12-15-18-21-24-26-28-30-32-33-34-36-42-46-50-55-60-65-70-75-89(94)106-85(79-100-87(92)73-68-63-58-53-48-44-40-38-37-39-43-47-51-56-61-66-71-82(4)5)81-104-108(97,98)102-77-83(90)76-101-107(95,96)103-80-84(78-99-86(91)72-67-62-57-52-23-20-17-14-11-8-3)105-88(93)74-69-64-59-54-49-45-41-35-31-29-27-25-22-19-16-13-10-7-2/h82-85,90H,6-81H2,1-5H3,(H,95,96)(H,97,98)/t83-,84+,85+/m0/s1. The van der Waals surface area contributed by atoms with E-state index in [-0.39, 0.29) is 25.7 Å². The van der Waals surface area contributed by atoms with Crippen LogP contribution < -0.4 is 0 Å². The van der Waals surface area contributed by atoms with Gasteiger partial charge in [-0.1, -0.05) is 433 Å². The molecule has 0 amide bonds. The van der Waals surface area contributed by atoms with Gasteiger partial charge in [-0.05, 0) is 31.6 Å². The molecule has 0 fully saturated rings. The molecular formula is C89H174O17P2. The highest BCUT2D eigenvalue weighted by atomic mass is 31.2. The van der Waals surface area contributed by atoms with Gasteiger partial charge in [0.25, 0.3) is 0 Å². The van der Waals surface area contributed by atoms with Crippen molar-refractivity contribution in [3.05, 3.63) is 0 Å². The summed E-state index contributed by atoms with van der Waals surface area (Å²) in [6, 6.07) is 0. The molecule has 0 aromatic rings. The molecule has 2 unspecified atom stereocenters. The quantitative estimate of drug-likeness (QED) is 0.0222. The van der Waals surface area contributed by atoms with Gasteiger partial charge in [-0.15, -0.1) is 0 Å². The van der Waals surface area contributed by atoms with Crippen LogP contribution in [0.4, 0.5) is 0 Å². The fourth-order valence-corrected chi connectivity index (χ4v) is 15.6. The zero-order valence-corrected chi connectivity index (χ0v) is 72.8. The third-order valence-electron chi connectivity index (χ3n) is 21.0. The highest BCUT2D eigenvalue weighted by Crippen LogP contribution is 2.45. The smallest absolute Gasteiger partial charge is 0.462 e. The summed E-state index contributed by atoms with van der Waals surface area (Å²) < 4.78 is 69.0. The molecule has 0 bridgehead atoms. The van der Waals surface area contributed by atoms with E-state index in [9.17, 15) is 43.2 Å². The number of rotatable bonds is 89. The van der Waals surface area contributed by atoms with Gasteiger partial charge in [-0.25, -0.2) is 9.13 Å². The van der Waals surface area contributed by atoms with Crippen LogP contribution in [-0.4, -0.2) is 96.7 Å². The van der Waals surface area contributed by atoms with Crippen molar-refractivity contribution in [2.24, 2.45) is 5.92 Å². The maximum Gasteiger partial charge on any atom is 0.472 e. The number of hydrogen-bond acceptors (Lipinski definition) is 15. The summed E-state index contributed by atoms with van der Waals surface area (Å²) in [4.78, 5) is 73.3. The van der Waals surface area contributed by atoms with Crippen molar-refractivity contribution in [3.8, 4) is 0 Å². The molecule has 0 aromatic carbocycles. The summed E-state index contributed by atoms with van der Waals surface area (Å²) in [5.41, 5.74) is 0. The van der Waals surface area contributed by atoms with E-state index in [2.05, 4.69) is 34.6 Å². The second-order valence-electron chi connectivity index (χ2n) is 32.5. The fourth-order valence-electron chi connectivity index (χ4n) is 14.0. The predicted molar refractivity (Wildman–Crippen MR) is 446 cm³/mol. The average Bonchev–Trinajstić information content (AvgIpc) is 0.906. The first-order valence-corrected chi connectivity index (χ1v) is 49.1. The molecule has 0 saturated carbocycles. The van der Waals surface area contributed by atoms with Gasteiger partial charge in [0.2, 0.25) is 0 Å². The Bertz CT molecular complexity index is 2050. The van der Waals surface area contributed by atoms with Gasteiger partial charge in [-0.2, -0.15) is 0 Å². The lowest BCUT2D eigenvalue weighted by Crippen LogP contribution is -2.30. The van der Waals surface area contributed by atoms with Crippen molar-refractivity contribution >= 4 is 39.5 Å². The summed E-state index contributed by atoms with van der Waals surface area (Å²) in [6.45, 7) is 7.41. The molecule has 0 aliphatic carbocycles. The number of aliphatic hydroxyl groups excluding tert-OH is 1. The number of carbonyl (C=O) groups excluding carboxylic acids is 4. The summed E-state index contributed by atoms with van der Waals surface area (Å²) in [5.74, 6) is -1.28. The molecule has 17 nitrogen and oxygen atoms in total. The molecule has 0 spiro atoms. The van der Waals surface area contributed by atoms with Crippen molar-refractivity contribution < 1.29 is 80.2 Å². The zero-order chi connectivity index (χ0) is 79.0. The number of esters is 4. The fraction of sp³-hybridized carbons (Fsp3) is 0.955. The zero-order valence-electron chi connectivity index (χ0n) is 71.0. The Morgan fingerprint density at radius 2 is 0.426 bits per heavy atom. The summed E-state index contributed by atoms with van der Waals surface area (Å²) in [7, 11) is -9.93. The van der Waals surface area contributed by atoms with E-state index in [0.717, 1.165) is 95.8 Å². The largest absolute Gasteiger partial charge is 0.472 e. The second kappa shape index (κ2) is 81.6. The van der Waals surface area contributed by atoms with Crippen LogP contribution in [0.1, 0.15) is 484 Å². The van der Waals surface area contributed by atoms with E-state index < -0.39 is 97.5 Å². The van der Waals surface area contributed by atoms with E-state index in [1.807, 2.05) is 0 Å². The molecule has 0 aromatic heterocycles. The number of unbranched alkanes of at least 4 members (excludes halogenated alkanes) is 61. The average molecular weight is 1580 g/mol. The van der Waals surface area contributed by atoms with Gasteiger partial charge in [-0.3, -0.25) is 37.3 Å². The molecule has 0 heterocycles. The Hall–Kier alpha value is -1.94. The first-order chi connectivity index (χ1) is 52.5. The van der Waals surface area contributed by atoms with Crippen molar-refractivity contribution in [3.63, 3.8) is 0 Å². The molecule has 108 heavy (non-hydrogen) atoms. The molecular weight excluding hydrogens is 1400 g/mol. The minimum atomic E-state index is -4.97. The molecule has 0 saturated heterocycles. The van der Waals surface area contributed by atoms with Crippen LogP contribution in [0.3, 0.4) is 0 Å². The van der Waals surface area contributed by atoms with E-state index in [4.69, 9.17) is 37.0 Å². The summed E-state index contributed by atoms with van der Waals surface area (Å²) in [6.07, 6.45) is 76.4. The Morgan fingerprint density at radius 1 is 0.250 bits per heavy atom. The van der Waals surface area contributed by atoms with E-state index >= 15 is 0 Å². The third kappa shape index (κ3) is 82.1. The predicted octanol–water partition coefficient (Wildman–Crippen LogP) is 27.5. The number of aliphatic hydroxyl groups is 1. The van der Waals surface area contributed by atoms with E-state index in [1.54, 1.807) is 0 Å². The molecule has 5 atom stereocenters. The minimum absolute atomic E-state index is 0.109. The van der Waals surface area contributed by atoms with Crippen LogP contribution in [0.25, 0.3) is 0 Å². The van der Waals surface area contributed by atoms with Crippen LogP contribution in [0.5, 0.6) is 0 Å². The maximum atomic E-state index is 13.2. The lowest BCUT2D eigenvalue weighted by atomic mass is 10.0. The molecule has 0 rings (SSSR count). The van der Waals surface area contributed by atoms with Crippen LogP contribution in [0.15, 0.2) is 0 Å². The van der Waals surface area contributed by atoms with Gasteiger partial charge in [0.1, 0.15) is 19.3 Å². The van der Waals surface area contributed by atoms with Gasteiger partial charge in [0, 0.05) is 25.7 Å². The van der Waals surface area contributed by atoms with Crippen LogP contribution in [0, 0.1) is 5.92 Å². The Kier molecular flexibility index (Phi) is 80.2. The SMILES string of the molecule is CCCCCCCCCCCCCCCCCCCCCCCC(=O)O[C@H](COC(=O)CCCCCCCCCCCCCCCCCCC(C)C)COP(=O)(O)OC[C@@H](O)COP(=O)(O)OC[C@@H](COC(=O)CCCCCCCCCCCC)OC(=O)CCCCCCCCCCCCCCCCCCCC. The molecule has 0 aliphatic rings. The van der Waals surface area contributed by atoms with Gasteiger partial charge >= 0.3 is 39.5 Å². The van der Waals surface area contributed by atoms with Gasteiger partial charge < -0.3 is 33.8 Å². The van der Waals surface area contributed by atoms with Crippen LogP contribution >= 0.6 is 15.6 Å². The van der Waals surface area contributed by atoms with Crippen molar-refractivity contribution in [2.75, 3.05) is 39.6 Å². The topological polar surface area (TPSA) is 237 Å². The number of phosphoric ester groups is 2. The number of phosphoric acid groups is 2. The normalized spacial score (nSPS) is 13.7. The minimum Gasteiger partial charge on any atom is -0.462 e. The van der Waals surface area contributed by atoms with Crippen molar-refractivity contribution in [2.45, 2.75) is 502 Å². The lowest BCUT2D eigenvalue weighted by Gasteiger charge is -2.21. The Morgan fingerprint density at radius 3 is 0.630 bits per heavy atom. The maximum absolute atomic E-state index is 13.2. The molecule has 3 N–H and O–H groups in total. The molecule has 19 heteroatoms. The number of carbonyl (C=O) groups is 4. The van der Waals surface area contributed by atoms with Crippen LogP contribution in [-0.2, 0) is 65.4 Å². The second-order valence-corrected chi connectivity index (χ2v) is 35.4. The highest BCUT2D eigenvalue weighted by Gasteiger charge is 2.30. The first kappa shape index (κ1) is 106. The lowest BCUT2D eigenvalue weighted by molar-refractivity contribution is -0.161. The van der Waals surface area contributed by atoms with Crippen LogP contribution in [0.2, 0.25) is 0 Å². The summed E-state index contributed by atoms with van der Waals surface area (Å²) >= 11 is 0. The monoisotopic (exact) mass is 1580 g/mol. The molecule has 0 radical (unpaired) electrons. The van der Waals surface area contributed by atoms with Gasteiger partial charge in [0.05, 0.1) is 26.4 Å². The van der Waals surface area contributed by atoms with E-state index in [0.29, 0.717) is 25.7 Å². The van der Waals surface area contributed by atoms with E-state index in [1.165, 1.54) is 308 Å². The third-order valence-corrected chi connectivity index (χ3v) is 22.9. The highest BCUT2D eigenvalue weighted by molar-refractivity contribution is 7.47. The number of hydrogen-bond donors (Lipinski definition) is 3. The molecule has 0 aliphatic heterocycles. The van der Waals surface area contributed by atoms with Crippen molar-refractivity contribution in [1.29, 1.82) is 0 Å². The first-order valence-electron chi connectivity index (χ1n) is 46.1. The Labute approximate surface area is 664 Å². The number of ether oxygens (including phenoxy) is 4. The van der Waals surface area contributed by atoms with Gasteiger partial charge in [0.15, 0.2) is 12.2 Å². The van der Waals surface area contributed by atoms with Crippen molar-refractivity contribution in [1.82, 2.24) is 0 Å². The Balaban J connectivity index is 5.22. The summed E-state index contributed by atoms with van der Waals surface area (Å²) in [5, 5.41) is 10.7. The molecule has 642 valence electrons.